The average molecular weight is 393 g/mol. The Morgan fingerprint density at radius 1 is 1.35 bits per heavy atom. The Bertz CT molecular complexity index is 939. The van der Waals surface area contributed by atoms with E-state index in [2.05, 4.69) is 5.32 Å². The van der Waals surface area contributed by atoms with Crippen LogP contribution in [0, 0.1) is 10.1 Å². The molecule has 0 aliphatic carbocycles. The lowest BCUT2D eigenvalue weighted by atomic mass is 10.1. The van der Waals surface area contributed by atoms with Crippen molar-refractivity contribution >= 4 is 34.5 Å². The number of hydrogen-bond donors (Lipinski definition) is 2. The van der Waals surface area contributed by atoms with E-state index >= 15 is 0 Å². The van der Waals surface area contributed by atoms with Gasteiger partial charge >= 0.3 is 0 Å². The number of amides is 1. The van der Waals surface area contributed by atoms with Gasteiger partial charge in [0.25, 0.3) is 11.6 Å². The van der Waals surface area contributed by atoms with Gasteiger partial charge < -0.3 is 14.8 Å². The lowest BCUT2D eigenvalue weighted by Gasteiger charge is -2.06. The number of thiophene rings is 1. The predicted octanol–water partition coefficient (Wildman–Crippen LogP) is 3.91. The molecule has 1 atom stereocenters. The Morgan fingerprint density at radius 2 is 2.15 bits per heavy atom. The molecular weight excluding hydrogens is 380 g/mol. The smallest absolute Gasteiger partial charge is 0.282 e. The molecule has 3 rings (SSSR count). The van der Waals surface area contributed by atoms with Gasteiger partial charge in [-0.05, 0) is 36.4 Å². The van der Waals surface area contributed by atoms with Crippen molar-refractivity contribution in [2.75, 3.05) is 0 Å². The standard InChI is InChI=1S/C17H13ClN2O5S/c18-10-3-5-13(20(23)24)12(8-10)17(22)19-9-11-4-6-15(26-11)16(21)14-2-1-7-25-14/h1-8,16,21H,9H2,(H,19,22). The Balaban J connectivity index is 1.69. The monoisotopic (exact) mass is 392 g/mol. The summed E-state index contributed by atoms with van der Waals surface area (Å²) in [6, 6.07) is 10.7. The van der Waals surface area contributed by atoms with Crippen LogP contribution < -0.4 is 5.32 Å². The first-order valence-corrected chi connectivity index (χ1v) is 8.67. The summed E-state index contributed by atoms with van der Waals surface area (Å²) in [5.74, 6) is -0.169. The minimum absolute atomic E-state index is 0.102. The molecule has 3 aromatic rings. The van der Waals surface area contributed by atoms with Crippen LogP contribution in [-0.2, 0) is 6.54 Å². The summed E-state index contributed by atoms with van der Waals surface area (Å²) in [7, 11) is 0. The second-order valence-corrected chi connectivity index (χ2v) is 6.96. The van der Waals surface area contributed by atoms with Crippen molar-refractivity contribution < 1.29 is 19.2 Å². The molecule has 0 saturated heterocycles. The largest absolute Gasteiger partial charge is 0.466 e. The van der Waals surface area contributed by atoms with Crippen LogP contribution in [0.25, 0.3) is 0 Å². The van der Waals surface area contributed by atoms with Crippen LogP contribution in [-0.4, -0.2) is 15.9 Å². The quantitative estimate of drug-likeness (QED) is 0.488. The van der Waals surface area contributed by atoms with Gasteiger partial charge in [-0.1, -0.05) is 11.6 Å². The highest BCUT2D eigenvalue weighted by Gasteiger charge is 2.21. The minimum atomic E-state index is -0.881. The van der Waals surface area contributed by atoms with Crippen molar-refractivity contribution in [2.24, 2.45) is 0 Å². The SMILES string of the molecule is O=C(NCc1ccc(C(O)c2ccco2)s1)c1cc(Cl)ccc1[N+](=O)[O-]. The summed E-state index contributed by atoms with van der Waals surface area (Å²) in [5, 5.41) is 24.1. The molecule has 0 fully saturated rings. The number of furan rings is 1. The number of aliphatic hydroxyl groups excluding tert-OH is 1. The van der Waals surface area contributed by atoms with E-state index in [1.807, 2.05) is 0 Å². The average Bonchev–Trinajstić information content (AvgIpc) is 3.30. The Morgan fingerprint density at radius 3 is 2.85 bits per heavy atom. The lowest BCUT2D eigenvalue weighted by Crippen LogP contribution is -2.23. The summed E-state index contributed by atoms with van der Waals surface area (Å²) in [6.07, 6.45) is 0.596. The highest BCUT2D eigenvalue weighted by Crippen LogP contribution is 2.29. The lowest BCUT2D eigenvalue weighted by molar-refractivity contribution is -0.385. The Labute approximate surface area is 157 Å². The Hall–Kier alpha value is -2.68. The summed E-state index contributed by atoms with van der Waals surface area (Å²) in [6.45, 7) is 0.165. The van der Waals surface area contributed by atoms with Crippen molar-refractivity contribution in [3.8, 4) is 0 Å². The first-order chi connectivity index (χ1) is 12.5. The number of carbonyl (C=O) groups is 1. The number of nitrogens with zero attached hydrogens (tertiary/aromatic N) is 1. The molecule has 0 aliphatic rings. The van der Waals surface area contributed by atoms with E-state index in [0.717, 1.165) is 4.88 Å². The molecule has 0 bridgehead atoms. The highest BCUT2D eigenvalue weighted by atomic mass is 35.5. The van der Waals surface area contributed by atoms with E-state index in [-0.39, 0.29) is 22.8 Å². The molecule has 0 radical (unpaired) electrons. The first kappa shape index (κ1) is 18.1. The molecule has 1 amide bonds. The zero-order chi connectivity index (χ0) is 18.7. The van der Waals surface area contributed by atoms with Gasteiger partial charge in [0.15, 0.2) is 0 Å². The van der Waals surface area contributed by atoms with Crippen LogP contribution in [0.15, 0.2) is 53.1 Å². The van der Waals surface area contributed by atoms with Crippen molar-refractivity contribution in [3.05, 3.63) is 84.9 Å². The molecule has 2 heterocycles. The summed E-state index contributed by atoms with van der Waals surface area (Å²) in [4.78, 5) is 24.2. The van der Waals surface area contributed by atoms with Crippen LogP contribution in [0.3, 0.4) is 0 Å². The van der Waals surface area contributed by atoms with Gasteiger partial charge in [0.2, 0.25) is 0 Å². The number of nitro groups is 1. The van der Waals surface area contributed by atoms with Gasteiger partial charge in [0.05, 0.1) is 17.7 Å². The van der Waals surface area contributed by atoms with E-state index in [0.29, 0.717) is 10.6 Å². The molecular formula is C17H13ClN2O5S. The molecule has 0 aliphatic heterocycles. The van der Waals surface area contributed by atoms with Gasteiger partial charge in [-0.25, -0.2) is 0 Å². The van der Waals surface area contributed by atoms with E-state index in [9.17, 15) is 20.0 Å². The third-order valence-electron chi connectivity index (χ3n) is 3.59. The molecule has 26 heavy (non-hydrogen) atoms. The number of nitrogens with one attached hydrogen (secondary N) is 1. The number of hydrogen-bond acceptors (Lipinski definition) is 6. The van der Waals surface area contributed by atoms with E-state index < -0.39 is 16.9 Å². The van der Waals surface area contributed by atoms with Gasteiger partial charge in [-0.2, -0.15) is 0 Å². The molecule has 9 heteroatoms. The predicted molar refractivity (Wildman–Crippen MR) is 96.4 cm³/mol. The maximum absolute atomic E-state index is 12.3. The Kier molecular flexibility index (Phi) is 5.36. The summed E-state index contributed by atoms with van der Waals surface area (Å²) < 4.78 is 5.17. The molecule has 2 N–H and O–H groups in total. The van der Waals surface area contributed by atoms with Gasteiger partial charge in [-0.3, -0.25) is 14.9 Å². The number of nitro benzene ring substituents is 1. The van der Waals surface area contributed by atoms with Gasteiger partial charge in [0, 0.05) is 20.8 Å². The maximum Gasteiger partial charge on any atom is 0.282 e. The van der Waals surface area contributed by atoms with Gasteiger partial charge in [-0.15, -0.1) is 11.3 Å². The topological polar surface area (TPSA) is 106 Å². The normalized spacial score (nSPS) is 11.9. The number of rotatable bonds is 6. The molecule has 2 aromatic heterocycles. The first-order valence-electron chi connectivity index (χ1n) is 7.48. The van der Waals surface area contributed by atoms with Crippen molar-refractivity contribution in [2.45, 2.75) is 12.6 Å². The second-order valence-electron chi connectivity index (χ2n) is 5.32. The molecule has 0 saturated carbocycles. The van der Waals surface area contributed by atoms with Crippen molar-refractivity contribution in [3.63, 3.8) is 0 Å². The van der Waals surface area contributed by atoms with Crippen LogP contribution in [0.2, 0.25) is 5.02 Å². The third kappa shape index (κ3) is 3.93. The minimum Gasteiger partial charge on any atom is -0.466 e. The van der Waals surface area contributed by atoms with E-state index in [4.69, 9.17) is 16.0 Å². The van der Waals surface area contributed by atoms with Crippen molar-refractivity contribution in [1.82, 2.24) is 5.32 Å². The van der Waals surface area contributed by atoms with Crippen LogP contribution >= 0.6 is 22.9 Å². The molecule has 7 nitrogen and oxygen atoms in total. The second kappa shape index (κ2) is 7.69. The fourth-order valence-electron chi connectivity index (χ4n) is 2.34. The number of benzene rings is 1. The highest BCUT2D eigenvalue weighted by molar-refractivity contribution is 7.12. The molecule has 1 aromatic carbocycles. The fourth-order valence-corrected chi connectivity index (χ4v) is 3.45. The number of carbonyl (C=O) groups excluding carboxylic acids is 1. The fraction of sp³-hybridized carbons (Fsp3) is 0.118. The molecule has 134 valence electrons. The molecule has 0 spiro atoms. The van der Waals surface area contributed by atoms with Crippen LogP contribution in [0.5, 0.6) is 0 Å². The number of halogens is 1. The maximum atomic E-state index is 12.3. The zero-order valence-electron chi connectivity index (χ0n) is 13.2. The van der Waals surface area contributed by atoms with Gasteiger partial charge in [0.1, 0.15) is 17.4 Å². The van der Waals surface area contributed by atoms with Crippen LogP contribution in [0.1, 0.15) is 32.0 Å². The van der Waals surface area contributed by atoms with E-state index in [1.54, 1.807) is 24.3 Å². The zero-order valence-corrected chi connectivity index (χ0v) is 14.8. The summed E-state index contributed by atoms with van der Waals surface area (Å²) >= 11 is 7.14. The van der Waals surface area contributed by atoms with E-state index in [1.165, 1.54) is 35.8 Å². The third-order valence-corrected chi connectivity index (χ3v) is 4.96. The number of aliphatic hydroxyl groups is 1. The molecule has 1 unspecified atom stereocenters. The summed E-state index contributed by atoms with van der Waals surface area (Å²) in [5.41, 5.74) is -0.415. The van der Waals surface area contributed by atoms with Crippen LogP contribution in [0.4, 0.5) is 5.69 Å². The van der Waals surface area contributed by atoms with Crippen molar-refractivity contribution in [1.29, 1.82) is 0 Å².